The van der Waals surface area contributed by atoms with Gasteiger partial charge in [0.15, 0.2) is 0 Å². The van der Waals surface area contributed by atoms with Gasteiger partial charge in [-0.15, -0.1) is 0 Å². The van der Waals surface area contributed by atoms with Gasteiger partial charge in [0.1, 0.15) is 0 Å². The van der Waals surface area contributed by atoms with Crippen molar-refractivity contribution in [2.24, 2.45) is 0 Å². The molecule has 1 aliphatic carbocycles. The van der Waals surface area contributed by atoms with Crippen molar-refractivity contribution in [1.29, 1.82) is 0 Å². The quantitative estimate of drug-likeness (QED) is 0.318. The van der Waals surface area contributed by atoms with Crippen LogP contribution in [0.1, 0.15) is 25.7 Å². The van der Waals surface area contributed by atoms with Crippen LogP contribution in [0.3, 0.4) is 0 Å². The molecule has 2 fully saturated rings. The number of rotatable bonds is 5. The van der Waals surface area contributed by atoms with Crippen LogP contribution >= 0.6 is 43.3 Å². The minimum absolute atomic E-state index is 0.0113. The van der Waals surface area contributed by atoms with Gasteiger partial charge < -0.3 is 9.47 Å². The largest absolute Gasteiger partial charge is 0.380 e. The first kappa shape index (κ1) is 16.5. The van der Waals surface area contributed by atoms with Crippen molar-refractivity contribution in [3.05, 3.63) is 21.3 Å². The van der Waals surface area contributed by atoms with Gasteiger partial charge in [-0.3, -0.25) is 4.90 Å². The zero-order valence-corrected chi connectivity index (χ0v) is 17.0. The molecule has 118 valence electrons. The lowest BCUT2D eigenvalue weighted by Gasteiger charge is -2.41. The van der Waals surface area contributed by atoms with Gasteiger partial charge in [-0.1, -0.05) is 55.5 Å². The van der Waals surface area contributed by atoms with Crippen LogP contribution in [0.15, 0.2) is 21.3 Å². The van der Waals surface area contributed by atoms with Crippen LogP contribution in [0.2, 0.25) is 0 Å². The van der Waals surface area contributed by atoms with Crippen LogP contribution in [-0.4, -0.2) is 52.0 Å². The molecule has 0 amide bonds. The van der Waals surface area contributed by atoms with Gasteiger partial charge in [-0.05, 0) is 42.3 Å². The monoisotopic (exact) mass is 515 g/mol. The fraction of sp³-hybridized carbons (Fsp3) is 0.688. The zero-order valence-electron chi connectivity index (χ0n) is 12.6. The highest BCUT2D eigenvalue weighted by Gasteiger charge is 2.52. The Bertz CT molecular complexity index is 483. The Morgan fingerprint density at radius 3 is 2.95 bits per heavy atom. The summed E-state index contributed by atoms with van der Waals surface area (Å²) in [5.41, 5.74) is 1.81. The van der Waals surface area contributed by atoms with Gasteiger partial charge in [0.05, 0.1) is 23.4 Å². The predicted octanol–water partition coefficient (Wildman–Crippen LogP) is 3.63. The first-order valence-corrected chi connectivity index (χ1v) is 11.0. The van der Waals surface area contributed by atoms with Crippen LogP contribution in [-0.2, 0) is 9.47 Å². The molecule has 1 spiro atoms. The highest BCUT2D eigenvalue weighted by Crippen LogP contribution is 2.51. The summed E-state index contributed by atoms with van der Waals surface area (Å²) in [4.78, 5) is 2.58. The summed E-state index contributed by atoms with van der Waals surface area (Å²) >= 11 is 2.57. The molecule has 2 unspecified atom stereocenters. The lowest BCUT2D eigenvalue weighted by atomic mass is 9.98. The van der Waals surface area contributed by atoms with Gasteiger partial charge in [0.25, 0.3) is 0 Å². The van der Waals surface area contributed by atoms with Gasteiger partial charge in [0, 0.05) is 16.2 Å². The van der Waals surface area contributed by atoms with Crippen LogP contribution in [0.25, 0.3) is 0 Å². The molecule has 3 aliphatic rings. The van der Waals surface area contributed by atoms with E-state index in [0.717, 1.165) is 19.6 Å². The summed E-state index contributed by atoms with van der Waals surface area (Å²) < 4.78 is 16.1. The summed E-state index contributed by atoms with van der Waals surface area (Å²) in [6, 6.07) is 0. The number of ether oxygens (including phenoxy) is 2. The first-order valence-electron chi connectivity index (χ1n) is 7.47. The molecule has 0 aromatic rings. The van der Waals surface area contributed by atoms with E-state index in [0.29, 0.717) is 15.7 Å². The van der Waals surface area contributed by atoms with Crippen molar-refractivity contribution in [2.45, 2.75) is 41.4 Å². The number of hydrogen-bond acceptors (Lipinski definition) is 3. The molecule has 1 saturated heterocycles. The van der Waals surface area contributed by atoms with Crippen molar-refractivity contribution in [3.63, 3.8) is 0 Å². The Hall–Kier alpha value is 0.690. The second-order valence-electron chi connectivity index (χ2n) is 6.10. The molecular formula is C16H23I2NO2. The Morgan fingerprint density at radius 1 is 1.43 bits per heavy atom. The Kier molecular flexibility index (Phi) is 5.57. The SMILES string of the molecule is COCC1=C(COC2CC(I)N(C)C3(CC3)C2)I=CC=C1. The van der Waals surface area contributed by atoms with Crippen molar-refractivity contribution in [2.75, 3.05) is 27.4 Å². The first-order chi connectivity index (χ1) is 10.1. The summed E-state index contributed by atoms with van der Waals surface area (Å²) in [5, 5.41) is 0. The van der Waals surface area contributed by atoms with Crippen molar-refractivity contribution in [1.82, 2.24) is 4.90 Å². The minimum Gasteiger partial charge on any atom is -0.380 e. The molecule has 2 aliphatic heterocycles. The Morgan fingerprint density at radius 2 is 2.24 bits per heavy atom. The number of piperidine rings is 1. The number of hydrogen-bond donors (Lipinski definition) is 0. The highest BCUT2D eigenvalue weighted by atomic mass is 127. The maximum Gasteiger partial charge on any atom is 0.0777 e. The Labute approximate surface area is 151 Å². The van der Waals surface area contributed by atoms with Crippen molar-refractivity contribution in [3.8, 4) is 0 Å². The van der Waals surface area contributed by atoms with E-state index in [1.54, 1.807) is 7.11 Å². The summed E-state index contributed by atoms with van der Waals surface area (Å²) in [5.74, 6) is 0. The van der Waals surface area contributed by atoms with Gasteiger partial charge in [-0.2, -0.15) is 0 Å². The standard InChI is InChI=1S/C16H23I2NO2/c1-19-15(17)8-13(9-16(19)5-6-16)21-11-14-12(10-20-2)4-3-7-18-14/h3-4,7,13,15H,5-6,8-11H2,1-2H3. The zero-order chi connectivity index (χ0) is 14.9. The normalized spacial score (nSPS) is 31.6. The van der Waals surface area contributed by atoms with E-state index in [2.05, 4.69) is 50.7 Å². The summed E-state index contributed by atoms with van der Waals surface area (Å²) in [6.07, 6.45) is 9.85. The third-order valence-electron chi connectivity index (χ3n) is 4.72. The van der Waals surface area contributed by atoms with Crippen LogP contribution in [0.5, 0.6) is 0 Å². The molecule has 21 heavy (non-hydrogen) atoms. The van der Waals surface area contributed by atoms with Crippen LogP contribution in [0, 0.1) is 0 Å². The maximum absolute atomic E-state index is 6.32. The highest BCUT2D eigenvalue weighted by molar-refractivity contribution is 14.2. The number of methoxy groups -OCH3 is 1. The van der Waals surface area contributed by atoms with Crippen molar-refractivity contribution < 1.29 is 9.47 Å². The molecule has 3 nitrogen and oxygen atoms in total. The Balaban J connectivity index is 1.60. The number of nitrogens with zero attached hydrogens (tertiary/aromatic N) is 1. The molecule has 0 aromatic carbocycles. The molecule has 0 N–H and O–H groups in total. The number of alkyl halides is 1. The van der Waals surface area contributed by atoms with E-state index < -0.39 is 0 Å². The van der Waals surface area contributed by atoms with E-state index in [-0.39, 0.29) is 20.7 Å². The third kappa shape index (κ3) is 3.79. The molecule has 2 atom stereocenters. The molecule has 0 aromatic heterocycles. The lowest BCUT2D eigenvalue weighted by molar-refractivity contribution is -0.00850. The topological polar surface area (TPSA) is 21.7 Å². The second-order valence-corrected chi connectivity index (χ2v) is 10.2. The van der Waals surface area contributed by atoms with Gasteiger partial charge >= 0.3 is 0 Å². The predicted molar refractivity (Wildman–Crippen MR) is 105 cm³/mol. The molecule has 2 heterocycles. The lowest BCUT2D eigenvalue weighted by Crippen LogP contribution is -2.48. The molecule has 0 radical (unpaired) electrons. The summed E-state index contributed by atoms with van der Waals surface area (Å²) in [6.45, 7) is 1.52. The fourth-order valence-electron chi connectivity index (χ4n) is 3.17. The summed E-state index contributed by atoms with van der Waals surface area (Å²) in [7, 11) is 4.05. The van der Waals surface area contributed by atoms with Gasteiger partial charge in [-0.25, -0.2) is 0 Å². The number of allylic oxidation sites excluding steroid dienone is 1. The molecular weight excluding hydrogens is 492 g/mol. The van der Waals surface area contributed by atoms with E-state index in [1.807, 2.05) is 0 Å². The number of likely N-dealkylation sites (tertiary alicyclic amines) is 1. The van der Waals surface area contributed by atoms with Crippen LogP contribution < -0.4 is 0 Å². The second kappa shape index (κ2) is 7.07. The van der Waals surface area contributed by atoms with E-state index in [9.17, 15) is 0 Å². The molecule has 1 saturated carbocycles. The number of halogens is 2. The average molecular weight is 515 g/mol. The van der Waals surface area contributed by atoms with E-state index in [4.69, 9.17) is 9.47 Å². The maximum atomic E-state index is 6.32. The van der Waals surface area contributed by atoms with Crippen molar-refractivity contribution >= 4 is 47.3 Å². The van der Waals surface area contributed by atoms with E-state index in [1.165, 1.54) is 28.4 Å². The molecule has 0 bridgehead atoms. The average Bonchev–Trinajstić information content (AvgIpc) is 3.25. The van der Waals surface area contributed by atoms with E-state index >= 15 is 0 Å². The molecule has 5 heteroatoms. The van der Waals surface area contributed by atoms with Gasteiger partial charge in [0.2, 0.25) is 0 Å². The molecule has 3 rings (SSSR count). The third-order valence-corrected chi connectivity index (χ3v) is 8.59. The smallest absolute Gasteiger partial charge is 0.0777 e. The fourth-order valence-corrected chi connectivity index (χ4v) is 6.28. The minimum atomic E-state index is -0.0113. The van der Waals surface area contributed by atoms with Crippen LogP contribution in [0.4, 0.5) is 0 Å².